The van der Waals surface area contributed by atoms with Gasteiger partial charge in [-0.1, -0.05) is 28.9 Å². The minimum Gasteiger partial charge on any atom is -0.210 e. The fourth-order valence-corrected chi connectivity index (χ4v) is 2.78. The average molecular weight is 306 g/mol. The Hall–Kier alpha value is -0.390. The molecular formula is C11H16BrNO2S. The molecule has 0 saturated heterocycles. The van der Waals surface area contributed by atoms with E-state index in [0.29, 0.717) is 11.4 Å². The van der Waals surface area contributed by atoms with E-state index in [2.05, 4.69) is 20.7 Å². The lowest BCUT2D eigenvalue weighted by atomic mass is 10.1. The molecule has 1 rings (SSSR count). The quantitative estimate of drug-likeness (QED) is 0.868. The van der Waals surface area contributed by atoms with Gasteiger partial charge in [-0.25, -0.2) is 13.1 Å². The van der Waals surface area contributed by atoms with E-state index in [4.69, 9.17) is 0 Å². The van der Waals surface area contributed by atoms with Crippen molar-refractivity contribution in [1.29, 1.82) is 0 Å². The Kier molecular flexibility index (Phi) is 4.52. The Morgan fingerprint density at radius 1 is 1.31 bits per heavy atom. The molecule has 0 spiro atoms. The summed E-state index contributed by atoms with van der Waals surface area (Å²) >= 11 is 3.30. The molecule has 0 aliphatic rings. The van der Waals surface area contributed by atoms with Crippen molar-refractivity contribution in [1.82, 2.24) is 4.72 Å². The SMILES string of the molecule is Cc1ccc(S(=O)(=O)NCC(C)Br)cc1C. The van der Waals surface area contributed by atoms with Crippen LogP contribution >= 0.6 is 15.9 Å². The van der Waals surface area contributed by atoms with Crippen molar-refractivity contribution in [3.8, 4) is 0 Å². The predicted molar refractivity (Wildman–Crippen MR) is 69.5 cm³/mol. The van der Waals surface area contributed by atoms with Crippen molar-refractivity contribution in [2.45, 2.75) is 30.5 Å². The van der Waals surface area contributed by atoms with Gasteiger partial charge in [-0.3, -0.25) is 0 Å². The van der Waals surface area contributed by atoms with Crippen molar-refractivity contribution in [3.05, 3.63) is 29.3 Å². The van der Waals surface area contributed by atoms with Crippen LogP contribution in [-0.4, -0.2) is 19.8 Å². The summed E-state index contributed by atoms with van der Waals surface area (Å²) in [5.41, 5.74) is 2.07. The number of aryl methyl sites for hydroxylation is 2. The highest BCUT2D eigenvalue weighted by atomic mass is 79.9. The first-order valence-corrected chi connectivity index (χ1v) is 7.44. The first-order valence-electron chi connectivity index (χ1n) is 5.04. The van der Waals surface area contributed by atoms with Gasteiger partial charge in [0.25, 0.3) is 0 Å². The number of hydrogen-bond donors (Lipinski definition) is 1. The van der Waals surface area contributed by atoms with Crippen LogP contribution in [0.25, 0.3) is 0 Å². The van der Waals surface area contributed by atoms with Crippen molar-refractivity contribution in [2.24, 2.45) is 0 Å². The minimum absolute atomic E-state index is 0.119. The average Bonchev–Trinajstić information content (AvgIpc) is 2.19. The molecule has 90 valence electrons. The molecule has 5 heteroatoms. The van der Waals surface area contributed by atoms with Crippen molar-refractivity contribution >= 4 is 26.0 Å². The van der Waals surface area contributed by atoms with Gasteiger partial charge in [0.1, 0.15) is 0 Å². The second-order valence-electron chi connectivity index (χ2n) is 3.88. The van der Waals surface area contributed by atoms with Gasteiger partial charge in [-0.05, 0) is 37.1 Å². The van der Waals surface area contributed by atoms with Gasteiger partial charge in [0.05, 0.1) is 4.90 Å². The van der Waals surface area contributed by atoms with Crippen LogP contribution < -0.4 is 4.72 Å². The third-order valence-electron chi connectivity index (χ3n) is 2.34. The fourth-order valence-electron chi connectivity index (χ4n) is 1.19. The molecule has 1 N–H and O–H groups in total. The maximum absolute atomic E-state index is 11.9. The second kappa shape index (κ2) is 5.29. The van der Waals surface area contributed by atoms with Crippen LogP contribution in [0.4, 0.5) is 0 Å². The molecule has 0 saturated carbocycles. The van der Waals surface area contributed by atoms with E-state index in [-0.39, 0.29) is 4.83 Å². The summed E-state index contributed by atoms with van der Waals surface area (Å²) in [4.78, 5) is 0.442. The van der Waals surface area contributed by atoms with Gasteiger partial charge >= 0.3 is 0 Å². The van der Waals surface area contributed by atoms with Crippen LogP contribution in [-0.2, 0) is 10.0 Å². The van der Waals surface area contributed by atoms with E-state index in [1.165, 1.54) is 0 Å². The number of benzene rings is 1. The standard InChI is InChI=1S/C11H16BrNO2S/c1-8-4-5-11(6-9(8)2)16(14,15)13-7-10(3)12/h4-6,10,13H,7H2,1-3H3. The van der Waals surface area contributed by atoms with Gasteiger partial charge in [0.15, 0.2) is 0 Å². The third-order valence-corrected chi connectivity index (χ3v) is 4.09. The lowest BCUT2D eigenvalue weighted by molar-refractivity contribution is 0.581. The van der Waals surface area contributed by atoms with E-state index in [9.17, 15) is 8.42 Å². The molecule has 0 radical (unpaired) electrons. The van der Waals surface area contributed by atoms with Gasteiger partial charge in [-0.2, -0.15) is 0 Å². The number of halogens is 1. The van der Waals surface area contributed by atoms with Crippen LogP contribution in [0.1, 0.15) is 18.1 Å². The molecule has 0 aliphatic heterocycles. The van der Waals surface area contributed by atoms with Crippen LogP contribution in [0.15, 0.2) is 23.1 Å². The van der Waals surface area contributed by atoms with Crippen LogP contribution in [0.2, 0.25) is 0 Å². The van der Waals surface area contributed by atoms with Crippen LogP contribution in [0.5, 0.6) is 0 Å². The Morgan fingerprint density at radius 2 is 1.94 bits per heavy atom. The normalized spacial score (nSPS) is 13.8. The third kappa shape index (κ3) is 3.57. The highest BCUT2D eigenvalue weighted by molar-refractivity contribution is 9.09. The fraction of sp³-hybridized carbons (Fsp3) is 0.455. The van der Waals surface area contributed by atoms with Gasteiger partial charge < -0.3 is 0 Å². The molecule has 0 aromatic heterocycles. The highest BCUT2D eigenvalue weighted by Crippen LogP contribution is 2.14. The summed E-state index contributed by atoms with van der Waals surface area (Å²) in [6.07, 6.45) is 0. The van der Waals surface area contributed by atoms with Crippen molar-refractivity contribution < 1.29 is 8.42 Å². The Labute approximate surface area is 105 Å². The lowest BCUT2D eigenvalue weighted by Gasteiger charge is -2.09. The molecule has 0 amide bonds. The van der Waals surface area contributed by atoms with Crippen molar-refractivity contribution in [2.75, 3.05) is 6.54 Å². The first-order chi connectivity index (χ1) is 7.33. The molecule has 0 fully saturated rings. The predicted octanol–water partition coefficient (Wildman–Crippen LogP) is 2.37. The summed E-state index contributed by atoms with van der Waals surface area (Å²) in [6, 6.07) is 5.14. The molecule has 3 nitrogen and oxygen atoms in total. The van der Waals surface area contributed by atoms with Crippen LogP contribution in [0, 0.1) is 13.8 Å². The van der Waals surface area contributed by atoms with Gasteiger partial charge in [0, 0.05) is 11.4 Å². The second-order valence-corrected chi connectivity index (χ2v) is 7.21. The lowest BCUT2D eigenvalue weighted by Crippen LogP contribution is -2.28. The van der Waals surface area contributed by atoms with E-state index in [0.717, 1.165) is 11.1 Å². The molecule has 1 aromatic rings. The molecule has 16 heavy (non-hydrogen) atoms. The number of alkyl halides is 1. The number of rotatable bonds is 4. The zero-order valence-corrected chi connectivity index (χ0v) is 12.0. The van der Waals surface area contributed by atoms with E-state index in [1.807, 2.05) is 26.8 Å². The topological polar surface area (TPSA) is 46.2 Å². The highest BCUT2D eigenvalue weighted by Gasteiger charge is 2.14. The minimum atomic E-state index is -3.37. The summed E-state index contributed by atoms with van der Waals surface area (Å²) in [7, 11) is -3.37. The molecule has 0 bridgehead atoms. The zero-order chi connectivity index (χ0) is 12.3. The molecule has 0 aliphatic carbocycles. The number of sulfonamides is 1. The van der Waals surface area contributed by atoms with E-state index in [1.54, 1.807) is 12.1 Å². The van der Waals surface area contributed by atoms with E-state index >= 15 is 0 Å². The van der Waals surface area contributed by atoms with E-state index < -0.39 is 10.0 Å². The summed E-state index contributed by atoms with van der Waals surface area (Å²) < 4.78 is 26.3. The molecule has 0 heterocycles. The zero-order valence-electron chi connectivity index (χ0n) is 9.62. The Morgan fingerprint density at radius 3 is 2.44 bits per heavy atom. The summed E-state index contributed by atoms with van der Waals surface area (Å²) in [5.74, 6) is 0. The van der Waals surface area contributed by atoms with Gasteiger partial charge in [-0.15, -0.1) is 0 Å². The molecule has 1 aromatic carbocycles. The summed E-state index contributed by atoms with van der Waals surface area (Å²) in [5, 5.41) is 0. The number of hydrogen-bond acceptors (Lipinski definition) is 2. The smallest absolute Gasteiger partial charge is 0.210 e. The Balaban J connectivity index is 2.94. The first kappa shape index (κ1) is 13.7. The molecule has 1 atom stereocenters. The maximum atomic E-state index is 11.9. The molecular weight excluding hydrogens is 290 g/mol. The van der Waals surface area contributed by atoms with Crippen LogP contribution in [0.3, 0.4) is 0 Å². The Bertz CT molecular complexity index is 469. The van der Waals surface area contributed by atoms with Crippen molar-refractivity contribution in [3.63, 3.8) is 0 Å². The van der Waals surface area contributed by atoms with Gasteiger partial charge in [0.2, 0.25) is 10.0 Å². The maximum Gasteiger partial charge on any atom is 0.240 e. The summed E-state index contributed by atoms with van der Waals surface area (Å²) in [6.45, 7) is 6.14. The largest absolute Gasteiger partial charge is 0.240 e. The molecule has 1 unspecified atom stereocenters. The monoisotopic (exact) mass is 305 g/mol. The number of nitrogens with one attached hydrogen (secondary N) is 1.